The molecule has 24 heavy (non-hydrogen) atoms. The summed E-state index contributed by atoms with van der Waals surface area (Å²) in [5.41, 5.74) is 7.38. The third-order valence-electron chi connectivity index (χ3n) is 4.61. The van der Waals surface area contributed by atoms with Crippen LogP contribution in [-0.4, -0.2) is 47.4 Å². The first-order valence-corrected chi connectivity index (χ1v) is 8.75. The zero-order chi connectivity index (χ0) is 16.8. The predicted molar refractivity (Wildman–Crippen MR) is 95.3 cm³/mol. The van der Waals surface area contributed by atoms with Crippen molar-refractivity contribution < 1.29 is 9.84 Å². The molecule has 1 aromatic carbocycles. The Bertz CT molecular complexity index is 653. The molecule has 6 nitrogen and oxygen atoms in total. The van der Waals surface area contributed by atoms with E-state index in [1.807, 2.05) is 6.07 Å². The van der Waals surface area contributed by atoms with Crippen molar-refractivity contribution in [1.82, 2.24) is 9.97 Å². The van der Waals surface area contributed by atoms with Crippen molar-refractivity contribution in [3.63, 3.8) is 0 Å². The number of benzene rings is 1. The fourth-order valence-electron chi connectivity index (χ4n) is 3.19. The quantitative estimate of drug-likeness (QED) is 0.835. The summed E-state index contributed by atoms with van der Waals surface area (Å²) in [6, 6.07) is 4.27. The number of fused-ring (bicyclic) bond motifs is 1. The molecule has 1 aromatic heterocycles. The first kappa shape index (κ1) is 16.9. The van der Waals surface area contributed by atoms with Crippen LogP contribution < -0.4 is 10.6 Å². The number of morpholine rings is 1. The number of aromatic hydroxyl groups is 1. The molecule has 2 aromatic rings. The molecule has 2 heterocycles. The maximum absolute atomic E-state index is 9.94. The van der Waals surface area contributed by atoms with Gasteiger partial charge in [-0.05, 0) is 18.9 Å². The van der Waals surface area contributed by atoms with Gasteiger partial charge in [0.05, 0.1) is 24.1 Å². The SMILES string of the molecule is NC1CCCCC1.Oc1cc(N2CCOCC2)cc2ncncc12. The smallest absolute Gasteiger partial charge is 0.128 e. The first-order valence-electron chi connectivity index (χ1n) is 8.75. The van der Waals surface area contributed by atoms with Gasteiger partial charge >= 0.3 is 0 Å². The number of anilines is 1. The van der Waals surface area contributed by atoms with Gasteiger partial charge in [-0.3, -0.25) is 0 Å². The second kappa shape index (κ2) is 8.26. The molecule has 6 heteroatoms. The molecule has 0 amide bonds. The molecular weight excluding hydrogens is 304 g/mol. The summed E-state index contributed by atoms with van der Waals surface area (Å²) in [7, 11) is 0. The third-order valence-corrected chi connectivity index (χ3v) is 4.61. The minimum atomic E-state index is 0.226. The van der Waals surface area contributed by atoms with Crippen LogP contribution in [0.1, 0.15) is 32.1 Å². The summed E-state index contributed by atoms with van der Waals surface area (Å²) in [4.78, 5) is 10.3. The van der Waals surface area contributed by atoms with E-state index in [2.05, 4.69) is 14.9 Å². The number of phenols is 1. The maximum Gasteiger partial charge on any atom is 0.128 e. The summed E-state index contributed by atoms with van der Waals surface area (Å²) in [6.45, 7) is 3.14. The normalized spacial score (nSPS) is 19.0. The molecule has 2 fully saturated rings. The summed E-state index contributed by atoms with van der Waals surface area (Å²) in [5.74, 6) is 0.226. The Hall–Kier alpha value is -1.92. The van der Waals surface area contributed by atoms with Crippen molar-refractivity contribution in [3.8, 4) is 5.75 Å². The molecular formula is C18H26N4O2. The van der Waals surface area contributed by atoms with E-state index in [0.29, 0.717) is 11.4 Å². The minimum Gasteiger partial charge on any atom is -0.507 e. The lowest BCUT2D eigenvalue weighted by Crippen LogP contribution is -2.36. The van der Waals surface area contributed by atoms with Gasteiger partial charge in [0.15, 0.2) is 0 Å². The van der Waals surface area contributed by atoms with Gasteiger partial charge in [0.2, 0.25) is 0 Å². The Morgan fingerprint density at radius 3 is 2.54 bits per heavy atom. The standard InChI is InChI=1S/C12H13N3O2.C6H13N/c16-12-6-9(15-1-3-17-4-2-15)5-11-10(12)7-13-8-14-11;7-6-4-2-1-3-5-6/h5-8,16H,1-4H2;6H,1-5,7H2. The maximum atomic E-state index is 9.94. The van der Waals surface area contributed by atoms with Gasteiger partial charge in [-0.25, -0.2) is 9.97 Å². The van der Waals surface area contributed by atoms with E-state index in [1.165, 1.54) is 38.4 Å². The van der Waals surface area contributed by atoms with E-state index >= 15 is 0 Å². The lowest BCUT2D eigenvalue weighted by Gasteiger charge is -2.29. The topological polar surface area (TPSA) is 84.5 Å². The summed E-state index contributed by atoms with van der Waals surface area (Å²) >= 11 is 0. The average molecular weight is 330 g/mol. The Kier molecular flexibility index (Phi) is 5.82. The van der Waals surface area contributed by atoms with Crippen LogP contribution in [0.5, 0.6) is 5.75 Å². The van der Waals surface area contributed by atoms with Crippen molar-refractivity contribution in [3.05, 3.63) is 24.7 Å². The molecule has 130 valence electrons. The lowest BCUT2D eigenvalue weighted by molar-refractivity contribution is 0.122. The van der Waals surface area contributed by atoms with Crippen molar-refractivity contribution >= 4 is 16.6 Å². The molecule has 0 unspecified atom stereocenters. The monoisotopic (exact) mass is 330 g/mol. The molecule has 2 aliphatic rings. The molecule has 0 spiro atoms. The Labute approximate surface area is 142 Å². The van der Waals surface area contributed by atoms with Crippen molar-refractivity contribution in [2.24, 2.45) is 5.73 Å². The van der Waals surface area contributed by atoms with Crippen molar-refractivity contribution in [2.45, 2.75) is 38.1 Å². The molecule has 1 aliphatic heterocycles. The van der Waals surface area contributed by atoms with Crippen LogP contribution in [0.2, 0.25) is 0 Å². The van der Waals surface area contributed by atoms with Crippen LogP contribution in [0.25, 0.3) is 10.9 Å². The second-order valence-corrected chi connectivity index (χ2v) is 6.42. The van der Waals surface area contributed by atoms with Gasteiger partial charge in [-0.2, -0.15) is 0 Å². The van der Waals surface area contributed by atoms with Crippen molar-refractivity contribution in [1.29, 1.82) is 0 Å². The van der Waals surface area contributed by atoms with Crippen LogP contribution in [0.15, 0.2) is 24.7 Å². The number of nitrogens with two attached hydrogens (primary N) is 1. The summed E-state index contributed by atoms with van der Waals surface area (Å²) < 4.78 is 5.31. The van der Waals surface area contributed by atoms with Crippen LogP contribution in [0.3, 0.4) is 0 Å². The number of aromatic nitrogens is 2. The minimum absolute atomic E-state index is 0.226. The van der Waals surface area contributed by atoms with Gasteiger partial charge < -0.3 is 20.5 Å². The molecule has 3 N–H and O–H groups in total. The van der Waals surface area contributed by atoms with Crippen LogP contribution in [0.4, 0.5) is 5.69 Å². The van der Waals surface area contributed by atoms with Crippen molar-refractivity contribution in [2.75, 3.05) is 31.2 Å². The van der Waals surface area contributed by atoms with E-state index in [-0.39, 0.29) is 5.75 Å². The number of phenolic OH excluding ortho intramolecular Hbond substituents is 1. The molecule has 1 aliphatic carbocycles. The second-order valence-electron chi connectivity index (χ2n) is 6.42. The van der Waals surface area contributed by atoms with Crippen LogP contribution >= 0.6 is 0 Å². The zero-order valence-electron chi connectivity index (χ0n) is 14.0. The van der Waals surface area contributed by atoms with E-state index < -0.39 is 0 Å². The Morgan fingerprint density at radius 1 is 1.12 bits per heavy atom. The third kappa shape index (κ3) is 4.33. The predicted octanol–water partition coefficient (Wildman–Crippen LogP) is 2.45. The number of hydrogen-bond acceptors (Lipinski definition) is 6. The van der Waals surface area contributed by atoms with E-state index in [4.69, 9.17) is 10.5 Å². The Morgan fingerprint density at radius 2 is 1.88 bits per heavy atom. The number of rotatable bonds is 1. The van der Waals surface area contributed by atoms with E-state index in [1.54, 1.807) is 12.3 Å². The molecule has 1 saturated heterocycles. The summed E-state index contributed by atoms with van der Waals surface area (Å²) in [5, 5.41) is 10.6. The van der Waals surface area contributed by atoms with Gasteiger partial charge in [-0.1, -0.05) is 19.3 Å². The van der Waals surface area contributed by atoms with Gasteiger partial charge in [-0.15, -0.1) is 0 Å². The van der Waals surface area contributed by atoms with E-state index in [9.17, 15) is 5.11 Å². The van der Waals surface area contributed by atoms with E-state index in [0.717, 1.165) is 37.5 Å². The highest BCUT2D eigenvalue weighted by Gasteiger charge is 2.13. The van der Waals surface area contributed by atoms with Gasteiger partial charge in [0.1, 0.15) is 12.1 Å². The first-order chi connectivity index (χ1) is 11.7. The number of ether oxygens (including phenoxy) is 1. The largest absolute Gasteiger partial charge is 0.507 e. The fraction of sp³-hybridized carbons (Fsp3) is 0.556. The molecule has 0 radical (unpaired) electrons. The highest BCUT2D eigenvalue weighted by atomic mass is 16.5. The van der Waals surface area contributed by atoms with Crippen LogP contribution in [-0.2, 0) is 4.74 Å². The Balaban J connectivity index is 0.000000203. The molecule has 1 saturated carbocycles. The van der Waals surface area contributed by atoms with Crippen LogP contribution in [0, 0.1) is 0 Å². The lowest BCUT2D eigenvalue weighted by atomic mass is 9.97. The average Bonchev–Trinajstić information content (AvgIpc) is 2.64. The summed E-state index contributed by atoms with van der Waals surface area (Å²) in [6.07, 6.45) is 9.78. The molecule has 0 atom stereocenters. The zero-order valence-corrected chi connectivity index (χ0v) is 14.0. The fourth-order valence-corrected chi connectivity index (χ4v) is 3.19. The number of hydrogen-bond donors (Lipinski definition) is 2. The van der Waals surface area contributed by atoms with Gasteiger partial charge in [0, 0.05) is 37.1 Å². The highest BCUT2D eigenvalue weighted by molar-refractivity contribution is 5.87. The van der Waals surface area contributed by atoms with Gasteiger partial charge in [0.25, 0.3) is 0 Å². The number of nitrogens with zero attached hydrogens (tertiary/aromatic N) is 3. The molecule has 0 bridgehead atoms. The molecule has 4 rings (SSSR count). The highest BCUT2D eigenvalue weighted by Crippen LogP contribution is 2.29.